The van der Waals surface area contributed by atoms with Gasteiger partial charge in [-0.15, -0.1) is 0 Å². The van der Waals surface area contributed by atoms with Gasteiger partial charge in [0.05, 0.1) is 0 Å². The second kappa shape index (κ2) is 6.73. The van der Waals surface area contributed by atoms with Crippen LogP contribution in [0.2, 0.25) is 0 Å². The lowest BCUT2D eigenvalue weighted by atomic mass is 9.72. The van der Waals surface area contributed by atoms with Crippen molar-refractivity contribution in [3.8, 4) is 0 Å². The zero-order chi connectivity index (χ0) is 17.2. The predicted molar refractivity (Wildman–Crippen MR) is 65.4 cm³/mol. The van der Waals surface area contributed by atoms with Crippen LogP contribution in [-0.4, -0.2) is 29.9 Å². The van der Waals surface area contributed by atoms with Gasteiger partial charge in [0.15, 0.2) is 6.29 Å². The number of rotatable bonds is 6. The quantitative estimate of drug-likeness (QED) is 0.575. The van der Waals surface area contributed by atoms with Crippen LogP contribution in [0.15, 0.2) is 0 Å². The van der Waals surface area contributed by atoms with Crippen molar-refractivity contribution >= 4 is 0 Å². The van der Waals surface area contributed by atoms with Crippen molar-refractivity contribution < 1.29 is 36.2 Å². The molecule has 0 saturated heterocycles. The first-order valence-electron chi connectivity index (χ1n) is 6.59. The molecule has 2 unspecified atom stereocenters. The van der Waals surface area contributed by atoms with Crippen molar-refractivity contribution in [1.29, 1.82) is 0 Å². The minimum atomic E-state index is -5.63. The average Bonchev–Trinajstić information content (AvgIpc) is 2.20. The molecule has 0 rings (SSSR count). The van der Waals surface area contributed by atoms with Gasteiger partial charge in [-0.3, -0.25) is 0 Å². The van der Waals surface area contributed by atoms with Gasteiger partial charge in [0.2, 0.25) is 0 Å². The fourth-order valence-electron chi connectivity index (χ4n) is 2.13. The lowest BCUT2D eigenvalue weighted by Crippen LogP contribution is -2.51. The first kappa shape index (κ1) is 20.5. The van der Waals surface area contributed by atoms with E-state index in [1.807, 2.05) is 0 Å². The van der Waals surface area contributed by atoms with E-state index in [2.05, 4.69) is 4.74 Å². The number of hydrogen-bond donors (Lipinski definition) is 1. The van der Waals surface area contributed by atoms with Crippen LogP contribution in [0.1, 0.15) is 41.0 Å². The molecule has 0 radical (unpaired) electrons. The van der Waals surface area contributed by atoms with Crippen LogP contribution in [0.4, 0.5) is 26.3 Å². The van der Waals surface area contributed by atoms with Crippen LogP contribution >= 0.6 is 0 Å². The Labute approximate surface area is 120 Å². The third-order valence-electron chi connectivity index (χ3n) is 3.59. The lowest BCUT2D eigenvalue weighted by molar-refractivity contribution is -0.363. The zero-order valence-electron chi connectivity index (χ0n) is 12.6. The summed E-state index contributed by atoms with van der Waals surface area (Å²) in [6.07, 6.45) is -17.2. The zero-order valence-corrected chi connectivity index (χ0v) is 12.6. The third-order valence-corrected chi connectivity index (χ3v) is 3.59. The molecule has 1 N–H and O–H groups in total. The minimum absolute atomic E-state index is 0.0223. The van der Waals surface area contributed by atoms with Crippen molar-refractivity contribution in [1.82, 2.24) is 0 Å². The molecule has 0 aliphatic carbocycles. The van der Waals surface area contributed by atoms with E-state index in [-0.39, 0.29) is 18.3 Å². The molecule has 8 heteroatoms. The molecule has 0 heterocycles. The number of halogens is 6. The van der Waals surface area contributed by atoms with Crippen molar-refractivity contribution in [3.63, 3.8) is 0 Å². The van der Waals surface area contributed by atoms with Crippen molar-refractivity contribution in [2.24, 2.45) is 17.3 Å². The number of aliphatic hydroxyl groups excluding tert-OH is 1. The second-order valence-electron chi connectivity index (χ2n) is 6.21. The molecule has 128 valence electrons. The first-order valence-corrected chi connectivity index (χ1v) is 6.59. The van der Waals surface area contributed by atoms with Crippen molar-refractivity contribution in [2.75, 3.05) is 0 Å². The predicted octanol–water partition coefficient (Wildman–Crippen LogP) is 4.52. The Morgan fingerprint density at radius 3 is 1.52 bits per heavy atom. The molecule has 0 aromatic heterocycles. The number of hydrogen-bond acceptors (Lipinski definition) is 2. The van der Waals surface area contributed by atoms with Gasteiger partial charge in [-0.05, 0) is 18.3 Å². The third kappa shape index (κ3) is 5.65. The smallest absolute Gasteiger partial charge is 0.367 e. The molecule has 0 saturated carbocycles. The van der Waals surface area contributed by atoms with E-state index in [4.69, 9.17) is 0 Å². The van der Waals surface area contributed by atoms with E-state index >= 15 is 0 Å². The van der Waals surface area contributed by atoms with E-state index in [0.717, 1.165) is 0 Å². The molecule has 2 atom stereocenters. The summed E-state index contributed by atoms with van der Waals surface area (Å²) < 4.78 is 78.8. The standard InChI is InChI=1S/C13H22F6O2/c1-7(2)6-11(5,8(3)4)10(20)21-9(12(14,15)16)13(17,18)19/h7-10,20H,6H2,1-5H3. The SMILES string of the molecule is CC(C)CC(C)(C(C)C)C(O)OC(C(F)(F)F)C(F)(F)F. The van der Waals surface area contributed by atoms with Crippen molar-refractivity contribution in [3.05, 3.63) is 0 Å². The molecule has 0 aliphatic heterocycles. The summed E-state index contributed by atoms with van der Waals surface area (Å²) in [6, 6.07) is 0. The van der Waals surface area contributed by atoms with Gasteiger partial charge in [-0.2, -0.15) is 26.3 Å². The Bertz CT molecular complexity index is 310. The topological polar surface area (TPSA) is 29.5 Å². The molecule has 2 nitrogen and oxygen atoms in total. The molecule has 21 heavy (non-hydrogen) atoms. The molecular formula is C13H22F6O2. The fourth-order valence-corrected chi connectivity index (χ4v) is 2.13. The molecule has 0 bridgehead atoms. The van der Waals surface area contributed by atoms with E-state index in [0.29, 0.717) is 0 Å². The van der Waals surface area contributed by atoms with Gasteiger partial charge in [0, 0.05) is 5.41 Å². The summed E-state index contributed by atoms with van der Waals surface area (Å²) in [4.78, 5) is 0. The van der Waals surface area contributed by atoms with Crippen LogP contribution in [0.5, 0.6) is 0 Å². The first-order chi connectivity index (χ1) is 9.12. The summed E-state index contributed by atoms with van der Waals surface area (Å²) in [5.41, 5.74) is -1.22. The van der Waals surface area contributed by atoms with E-state index in [1.165, 1.54) is 6.92 Å². The number of ether oxygens (including phenoxy) is 1. The van der Waals surface area contributed by atoms with Gasteiger partial charge >= 0.3 is 12.4 Å². The summed E-state index contributed by atoms with van der Waals surface area (Å²) >= 11 is 0. The van der Waals surface area contributed by atoms with Crippen LogP contribution in [0, 0.1) is 17.3 Å². The average molecular weight is 324 g/mol. The Morgan fingerprint density at radius 2 is 1.29 bits per heavy atom. The molecule has 0 aliphatic rings. The monoisotopic (exact) mass is 324 g/mol. The fraction of sp³-hybridized carbons (Fsp3) is 1.00. The van der Waals surface area contributed by atoms with E-state index < -0.39 is 30.2 Å². The number of alkyl halides is 6. The highest BCUT2D eigenvalue weighted by Gasteiger charge is 2.60. The maximum Gasteiger partial charge on any atom is 0.423 e. The van der Waals surface area contributed by atoms with Crippen molar-refractivity contribution in [2.45, 2.75) is 65.8 Å². The summed E-state index contributed by atoms with van der Waals surface area (Å²) in [5.74, 6) is -0.386. The van der Waals surface area contributed by atoms with Crippen LogP contribution < -0.4 is 0 Å². The highest BCUT2D eigenvalue weighted by molar-refractivity contribution is 4.85. The Kier molecular flexibility index (Phi) is 6.57. The molecule has 0 fully saturated rings. The van der Waals surface area contributed by atoms with Crippen LogP contribution in [0.25, 0.3) is 0 Å². The van der Waals surface area contributed by atoms with Gasteiger partial charge < -0.3 is 9.84 Å². The molecule has 0 aromatic carbocycles. The maximum atomic E-state index is 12.5. The lowest BCUT2D eigenvalue weighted by Gasteiger charge is -2.41. The summed E-state index contributed by atoms with van der Waals surface area (Å²) in [7, 11) is 0. The van der Waals surface area contributed by atoms with Gasteiger partial charge in [-0.1, -0.05) is 34.6 Å². The highest BCUT2D eigenvalue weighted by atomic mass is 19.4. The van der Waals surface area contributed by atoms with Gasteiger partial charge in [0.25, 0.3) is 6.10 Å². The molecule has 0 spiro atoms. The Hall–Kier alpha value is -0.500. The normalized spacial score (nSPS) is 18.4. The number of aliphatic hydroxyl groups is 1. The van der Waals surface area contributed by atoms with E-state index in [1.54, 1.807) is 27.7 Å². The van der Waals surface area contributed by atoms with Crippen LogP contribution in [0.3, 0.4) is 0 Å². The second-order valence-corrected chi connectivity index (χ2v) is 6.21. The summed E-state index contributed by atoms with van der Waals surface area (Å²) in [5, 5.41) is 9.86. The van der Waals surface area contributed by atoms with Crippen LogP contribution in [-0.2, 0) is 4.74 Å². The Morgan fingerprint density at radius 1 is 0.905 bits per heavy atom. The highest BCUT2D eigenvalue weighted by Crippen LogP contribution is 2.42. The molecule has 0 amide bonds. The summed E-state index contributed by atoms with van der Waals surface area (Å²) in [6.45, 7) is 8.18. The minimum Gasteiger partial charge on any atom is -0.367 e. The Balaban J connectivity index is 5.33. The van der Waals surface area contributed by atoms with E-state index in [9.17, 15) is 31.4 Å². The van der Waals surface area contributed by atoms with Gasteiger partial charge in [0.1, 0.15) is 0 Å². The van der Waals surface area contributed by atoms with Gasteiger partial charge in [-0.25, -0.2) is 0 Å². The molecule has 0 aromatic rings. The molecular weight excluding hydrogens is 302 g/mol. The largest absolute Gasteiger partial charge is 0.423 e. The maximum absolute atomic E-state index is 12.5.